The molecule has 0 fully saturated rings. The van der Waals surface area contributed by atoms with Crippen LogP contribution in [0.15, 0.2) is 48.5 Å². The van der Waals surface area contributed by atoms with E-state index in [-0.39, 0.29) is 48.5 Å². The Balaban J connectivity index is 0.000000364. The largest absolute Gasteiger partial charge is 0.507 e. The fraction of sp³-hybridized carbons (Fsp3) is 0.143. The van der Waals surface area contributed by atoms with E-state index in [1.807, 2.05) is 0 Å². The molecule has 0 saturated heterocycles. The van der Waals surface area contributed by atoms with Crippen molar-refractivity contribution >= 4 is 0 Å². The Bertz CT molecular complexity index is 501. The average Bonchev–Trinajstić information content (AvgIpc) is 2.40. The van der Waals surface area contributed by atoms with Gasteiger partial charge in [0.15, 0.2) is 0 Å². The molecule has 0 amide bonds. The molecule has 2 aromatic carbocycles. The summed E-state index contributed by atoms with van der Waals surface area (Å²) in [6.07, 6.45) is -5.19. The van der Waals surface area contributed by atoms with Gasteiger partial charge in [0, 0.05) is 25.8 Å². The van der Waals surface area contributed by atoms with Crippen molar-refractivity contribution < 1.29 is 53.6 Å². The number of aromatic hydroxyl groups is 2. The quantitative estimate of drug-likeness (QED) is 0.499. The number of alkyl halides is 4. The molecular weight excluding hydrogens is 455 g/mol. The Morgan fingerprint density at radius 3 is 1.10 bits per heavy atom. The smallest absolute Gasteiger partial charge is 0.267 e. The first-order valence-electron chi connectivity index (χ1n) is 5.55. The normalized spacial score (nSPS) is 9.81. The predicted molar refractivity (Wildman–Crippen MR) is 66.1 cm³/mol. The second-order valence-electron chi connectivity index (χ2n) is 3.72. The number of para-hydroxylation sites is 2. The van der Waals surface area contributed by atoms with Crippen LogP contribution in [0.4, 0.5) is 17.6 Å². The van der Waals surface area contributed by atoms with E-state index in [0.29, 0.717) is 0 Å². The fourth-order valence-electron chi connectivity index (χ4n) is 1.34. The number of phenolic OH excluding ortho intramolecular Hbond substituents is 2. The Morgan fingerprint density at radius 1 is 0.619 bits per heavy atom. The molecular formula is C14H12F4HfO2. The maximum Gasteiger partial charge on any atom is 0.267 e. The predicted octanol–water partition coefficient (Wildman–Crippen LogP) is 4.66. The topological polar surface area (TPSA) is 40.5 Å². The van der Waals surface area contributed by atoms with E-state index in [0.717, 1.165) is 0 Å². The third-order valence-corrected chi connectivity index (χ3v) is 2.34. The molecule has 0 unspecified atom stereocenters. The molecule has 21 heavy (non-hydrogen) atoms. The minimum Gasteiger partial charge on any atom is -0.507 e. The van der Waals surface area contributed by atoms with Gasteiger partial charge in [-0.2, -0.15) is 0 Å². The van der Waals surface area contributed by atoms with Gasteiger partial charge in [-0.1, -0.05) is 24.3 Å². The summed E-state index contributed by atoms with van der Waals surface area (Å²) in [4.78, 5) is 0. The maximum absolute atomic E-state index is 11.9. The van der Waals surface area contributed by atoms with Gasteiger partial charge in [0.2, 0.25) is 0 Å². The fourth-order valence-corrected chi connectivity index (χ4v) is 1.34. The first kappa shape index (κ1) is 19.6. The monoisotopic (exact) mass is 468 g/mol. The molecule has 2 aromatic rings. The van der Waals surface area contributed by atoms with Crippen molar-refractivity contribution in [1.29, 1.82) is 0 Å². The van der Waals surface area contributed by atoms with Gasteiger partial charge in [0.05, 0.1) is 11.1 Å². The van der Waals surface area contributed by atoms with Crippen LogP contribution in [0.2, 0.25) is 0 Å². The average molecular weight is 467 g/mol. The van der Waals surface area contributed by atoms with Crippen LogP contribution in [0.5, 0.6) is 11.5 Å². The first-order valence-corrected chi connectivity index (χ1v) is 5.55. The summed E-state index contributed by atoms with van der Waals surface area (Å²) < 4.78 is 47.5. The second kappa shape index (κ2) is 9.55. The summed E-state index contributed by atoms with van der Waals surface area (Å²) >= 11 is 0. The Hall–Kier alpha value is -1.37. The molecule has 112 valence electrons. The van der Waals surface area contributed by atoms with Crippen molar-refractivity contribution in [1.82, 2.24) is 0 Å². The van der Waals surface area contributed by atoms with Crippen LogP contribution in [0, 0.1) is 0 Å². The molecule has 2 nitrogen and oxygen atoms in total. The number of phenols is 2. The van der Waals surface area contributed by atoms with Crippen molar-refractivity contribution in [2.24, 2.45) is 0 Å². The molecule has 0 bridgehead atoms. The van der Waals surface area contributed by atoms with Gasteiger partial charge in [0.1, 0.15) is 11.5 Å². The van der Waals surface area contributed by atoms with E-state index in [4.69, 9.17) is 10.2 Å². The molecule has 0 aliphatic carbocycles. The zero-order valence-electron chi connectivity index (χ0n) is 10.7. The molecule has 0 heterocycles. The van der Waals surface area contributed by atoms with Gasteiger partial charge in [-0.15, -0.1) is 0 Å². The van der Waals surface area contributed by atoms with Crippen molar-refractivity contribution in [2.45, 2.75) is 12.9 Å². The summed E-state index contributed by atoms with van der Waals surface area (Å²) in [7, 11) is 0. The van der Waals surface area contributed by atoms with E-state index >= 15 is 0 Å². The number of hydrogen-bond donors (Lipinski definition) is 2. The van der Waals surface area contributed by atoms with Crippen molar-refractivity contribution in [2.75, 3.05) is 0 Å². The molecule has 7 heteroatoms. The number of halogens is 4. The Labute approximate surface area is 137 Å². The van der Waals surface area contributed by atoms with Crippen molar-refractivity contribution in [3.8, 4) is 11.5 Å². The molecule has 0 aliphatic rings. The van der Waals surface area contributed by atoms with Crippen LogP contribution in [-0.2, 0) is 25.8 Å². The molecule has 0 spiro atoms. The van der Waals surface area contributed by atoms with E-state index in [9.17, 15) is 17.6 Å². The molecule has 0 saturated carbocycles. The van der Waals surface area contributed by atoms with Crippen LogP contribution in [0.3, 0.4) is 0 Å². The number of benzene rings is 2. The van der Waals surface area contributed by atoms with E-state index in [1.165, 1.54) is 48.5 Å². The van der Waals surface area contributed by atoms with Crippen LogP contribution < -0.4 is 0 Å². The SMILES string of the molecule is Oc1ccccc1C(F)F.Oc1ccccc1C(F)F.[Hf]. The summed E-state index contributed by atoms with van der Waals surface area (Å²) in [5.74, 6) is -0.699. The van der Waals surface area contributed by atoms with Gasteiger partial charge >= 0.3 is 0 Å². The summed E-state index contributed by atoms with van der Waals surface area (Å²) in [5, 5.41) is 17.6. The van der Waals surface area contributed by atoms with Gasteiger partial charge in [0.25, 0.3) is 12.9 Å². The zero-order chi connectivity index (χ0) is 15.1. The first-order chi connectivity index (χ1) is 9.43. The minimum atomic E-state index is -2.60. The van der Waals surface area contributed by atoms with Crippen molar-refractivity contribution in [3.05, 3.63) is 59.7 Å². The Kier molecular flexibility index (Phi) is 8.92. The standard InChI is InChI=1S/2C7H6F2O.Hf/c2*8-7(9)5-3-1-2-4-6(5)10;/h2*1-4,7,10H;. The van der Waals surface area contributed by atoms with Gasteiger partial charge < -0.3 is 10.2 Å². The summed E-state index contributed by atoms with van der Waals surface area (Å²) in [6.45, 7) is 0. The van der Waals surface area contributed by atoms with Crippen molar-refractivity contribution in [3.63, 3.8) is 0 Å². The molecule has 2 N–H and O–H groups in total. The molecule has 2 rings (SSSR count). The zero-order valence-corrected chi connectivity index (χ0v) is 14.3. The summed E-state index contributed by atoms with van der Waals surface area (Å²) in [6, 6.07) is 10.8. The molecule has 0 aliphatic heterocycles. The Morgan fingerprint density at radius 2 is 0.905 bits per heavy atom. The van der Waals surface area contributed by atoms with Gasteiger partial charge in [-0.3, -0.25) is 0 Å². The minimum absolute atomic E-state index is 0. The molecule has 0 radical (unpaired) electrons. The van der Waals surface area contributed by atoms with Crippen LogP contribution >= 0.6 is 0 Å². The second-order valence-corrected chi connectivity index (χ2v) is 3.72. The van der Waals surface area contributed by atoms with Crippen LogP contribution in [-0.4, -0.2) is 10.2 Å². The van der Waals surface area contributed by atoms with Gasteiger partial charge in [-0.05, 0) is 24.3 Å². The number of hydrogen-bond acceptors (Lipinski definition) is 2. The van der Waals surface area contributed by atoms with Crippen LogP contribution in [0.1, 0.15) is 24.0 Å². The number of rotatable bonds is 2. The van der Waals surface area contributed by atoms with Gasteiger partial charge in [-0.25, -0.2) is 17.6 Å². The molecule has 0 aromatic heterocycles. The van der Waals surface area contributed by atoms with E-state index < -0.39 is 12.9 Å². The van der Waals surface area contributed by atoms with E-state index in [1.54, 1.807) is 0 Å². The third kappa shape index (κ3) is 6.29. The summed E-state index contributed by atoms with van der Waals surface area (Å²) in [5.41, 5.74) is -0.634. The van der Waals surface area contributed by atoms with E-state index in [2.05, 4.69) is 0 Å². The third-order valence-electron chi connectivity index (χ3n) is 2.34. The molecule has 0 atom stereocenters. The van der Waals surface area contributed by atoms with Crippen LogP contribution in [0.25, 0.3) is 0 Å². The maximum atomic E-state index is 11.9.